The summed E-state index contributed by atoms with van der Waals surface area (Å²) in [6.07, 6.45) is 0.871. The maximum Gasteiger partial charge on any atom is 0.319 e. The number of rotatable bonds is 6. The Balaban J connectivity index is 1.81. The summed E-state index contributed by atoms with van der Waals surface area (Å²) in [5, 5.41) is 9.21. The van der Waals surface area contributed by atoms with Gasteiger partial charge < -0.3 is 15.4 Å². The molecule has 4 rings (SSSR count). The normalized spacial score (nSPS) is 19.2. The van der Waals surface area contributed by atoms with E-state index in [9.17, 15) is 14.4 Å². The highest BCUT2D eigenvalue weighted by molar-refractivity contribution is 6.30. The van der Waals surface area contributed by atoms with Gasteiger partial charge in [-0.1, -0.05) is 60.1 Å². The van der Waals surface area contributed by atoms with Crippen molar-refractivity contribution in [3.63, 3.8) is 0 Å². The van der Waals surface area contributed by atoms with E-state index in [0.717, 1.165) is 11.1 Å². The lowest BCUT2D eigenvalue weighted by molar-refractivity contribution is -0.181. The minimum atomic E-state index is -0.917. The Morgan fingerprint density at radius 2 is 1.63 bits per heavy atom. The molecule has 0 radical (unpaired) electrons. The average molecular weight is 577 g/mol. The number of amides is 4. The summed E-state index contributed by atoms with van der Waals surface area (Å²) < 4.78 is 5.51. The molecule has 0 saturated carbocycles. The van der Waals surface area contributed by atoms with Crippen molar-refractivity contribution >= 4 is 35.1 Å². The molecule has 8 nitrogen and oxygen atoms in total. The zero-order valence-electron chi connectivity index (χ0n) is 24.1. The van der Waals surface area contributed by atoms with Crippen LogP contribution in [-0.4, -0.2) is 46.6 Å². The number of hydrogen-bond donors (Lipinski definition) is 2. The Hall–Kier alpha value is -4.04. The molecule has 0 bridgehead atoms. The third-order valence-corrected chi connectivity index (χ3v) is 7.37. The van der Waals surface area contributed by atoms with Gasteiger partial charge in [0.2, 0.25) is 5.91 Å². The third kappa shape index (κ3) is 7.19. The smallest absolute Gasteiger partial charge is 0.319 e. The van der Waals surface area contributed by atoms with E-state index in [1.807, 2.05) is 75.4 Å². The molecule has 1 aliphatic rings. The summed E-state index contributed by atoms with van der Waals surface area (Å²) >= 11 is 6.10. The van der Waals surface area contributed by atoms with Gasteiger partial charge in [-0.25, -0.2) is 14.8 Å². The fraction of sp³-hybridized carbons (Fsp3) is 0.344. The number of ether oxygens (including phenoxy) is 1. The van der Waals surface area contributed by atoms with Gasteiger partial charge in [0.15, 0.2) is 0 Å². The average Bonchev–Trinajstić information content (AvgIpc) is 3.05. The highest BCUT2D eigenvalue weighted by atomic mass is 35.5. The lowest BCUT2D eigenvalue weighted by Crippen LogP contribution is -2.61. The number of nitrogens with one attached hydrogen (secondary N) is 2. The Morgan fingerprint density at radius 1 is 0.951 bits per heavy atom. The Morgan fingerprint density at radius 3 is 2.27 bits per heavy atom. The number of carbonyl (C=O) groups is 3. The molecule has 4 amide bonds. The zero-order valence-corrected chi connectivity index (χ0v) is 24.8. The first-order chi connectivity index (χ1) is 19.5. The number of nitrogens with zero attached hydrogens (tertiary/aromatic N) is 2. The summed E-state index contributed by atoms with van der Waals surface area (Å²) in [5.41, 5.74) is 1.65. The van der Waals surface area contributed by atoms with E-state index in [2.05, 4.69) is 10.6 Å². The van der Waals surface area contributed by atoms with Crippen molar-refractivity contribution < 1.29 is 19.1 Å². The summed E-state index contributed by atoms with van der Waals surface area (Å²) in [6.45, 7) is 7.11. The number of urea groups is 1. The van der Waals surface area contributed by atoms with Crippen molar-refractivity contribution in [1.29, 1.82) is 0 Å². The molecule has 1 fully saturated rings. The number of hydrazine groups is 1. The molecule has 9 heteroatoms. The van der Waals surface area contributed by atoms with E-state index < -0.39 is 23.7 Å². The van der Waals surface area contributed by atoms with E-state index in [-0.39, 0.29) is 17.7 Å². The molecule has 1 saturated heterocycles. The highest BCUT2D eigenvalue weighted by Crippen LogP contribution is 2.42. The lowest BCUT2D eigenvalue weighted by Gasteiger charge is -2.47. The number of methoxy groups -OCH3 is 1. The molecule has 0 aromatic heterocycles. The van der Waals surface area contributed by atoms with E-state index in [1.165, 1.54) is 11.9 Å². The minimum Gasteiger partial charge on any atom is -0.497 e. The molecule has 2 N–H and O–H groups in total. The maximum absolute atomic E-state index is 14.5. The standard InChI is InChI=1S/C32H37ClN4O4/c1-21(38)37(32(2,3)4)36-29(23-13-9-16-27(17-23)41-5)19-24(22-11-7-6-8-12-22)18-28(30(36)39)35-31(40)34-26-15-10-14-25(33)20-26/h6-17,20,24,28-29H,18-19H2,1-5H3,(H2,34,35,40). The summed E-state index contributed by atoms with van der Waals surface area (Å²) in [6, 6.07) is 22.3. The fourth-order valence-corrected chi connectivity index (χ4v) is 5.68. The van der Waals surface area contributed by atoms with E-state index >= 15 is 0 Å². The van der Waals surface area contributed by atoms with Crippen LogP contribution in [0.5, 0.6) is 5.75 Å². The zero-order chi connectivity index (χ0) is 29.7. The Bertz CT molecular complexity index is 1390. The van der Waals surface area contributed by atoms with Crippen molar-refractivity contribution in [2.45, 2.75) is 64.1 Å². The van der Waals surface area contributed by atoms with Gasteiger partial charge in [-0.15, -0.1) is 0 Å². The second-order valence-corrected chi connectivity index (χ2v) is 11.7. The monoisotopic (exact) mass is 576 g/mol. The predicted molar refractivity (Wildman–Crippen MR) is 161 cm³/mol. The van der Waals surface area contributed by atoms with E-state index in [1.54, 1.807) is 36.4 Å². The molecule has 3 unspecified atom stereocenters. The number of benzene rings is 3. The quantitative estimate of drug-likeness (QED) is 0.348. The first kappa shape index (κ1) is 29.9. The van der Waals surface area contributed by atoms with Crippen molar-refractivity contribution in [3.05, 3.63) is 95.0 Å². The van der Waals surface area contributed by atoms with Gasteiger partial charge in [-0.05, 0) is 81.0 Å². The molecule has 1 heterocycles. The molecule has 1 aliphatic heterocycles. The maximum atomic E-state index is 14.5. The Labute approximate surface area is 246 Å². The van der Waals surface area contributed by atoms with E-state index in [4.69, 9.17) is 16.3 Å². The first-order valence-corrected chi connectivity index (χ1v) is 14.0. The molecule has 0 aliphatic carbocycles. The van der Waals surface area contributed by atoms with Crippen LogP contribution >= 0.6 is 11.6 Å². The summed E-state index contributed by atoms with van der Waals surface area (Å²) in [5.74, 6) is -0.107. The van der Waals surface area contributed by atoms with Gasteiger partial charge >= 0.3 is 6.03 Å². The van der Waals surface area contributed by atoms with Gasteiger partial charge in [0.1, 0.15) is 11.8 Å². The number of anilines is 1. The predicted octanol–water partition coefficient (Wildman–Crippen LogP) is 6.55. The Kier molecular flexibility index (Phi) is 9.23. The van der Waals surface area contributed by atoms with Crippen LogP contribution in [0.25, 0.3) is 0 Å². The van der Waals surface area contributed by atoms with Gasteiger partial charge in [-0.2, -0.15) is 0 Å². The van der Waals surface area contributed by atoms with Crippen LogP contribution in [0.4, 0.5) is 10.5 Å². The topological polar surface area (TPSA) is 91.0 Å². The van der Waals surface area contributed by atoms with Crippen molar-refractivity contribution in [2.24, 2.45) is 0 Å². The van der Waals surface area contributed by atoms with Gasteiger partial charge in [0.05, 0.1) is 18.7 Å². The van der Waals surface area contributed by atoms with Crippen LogP contribution in [0.15, 0.2) is 78.9 Å². The second-order valence-electron chi connectivity index (χ2n) is 11.2. The molecule has 3 aromatic carbocycles. The fourth-order valence-electron chi connectivity index (χ4n) is 5.49. The van der Waals surface area contributed by atoms with Crippen molar-refractivity contribution in [1.82, 2.24) is 15.3 Å². The van der Waals surface area contributed by atoms with Crippen LogP contribution in [0.2, 0.25) is 5.02 Å². The highest BCUT2D eigenvalue weighted by Gasteiger charge is 2.45. The second kappa shape index (κ2) is 12.6. The molecule has 3 aromatic rings. The van der Waals surface area contributed by atoms with Crippen LogP contribution in [0.1, 0.15) is 63.6 Å². The van der Waals surface area contributed by atoms with Crippen molar-refractivity contribution in [3.8, 4) is 5.75 Å². The number of halogens is 1. The van der Waals surface area contributed by atoms with Crippen LogP contribution in [-0.2, 0) is 9.59 Å². The molecule has 3 atom stereocenters. The van der Waals surface area contributed by atoms with E-state index in [0.29, 0.717) is 29.3 Å². The molecule has 216 valence electrons. The van der Waals surface area contributed by atoms with Gasteiger partial charge in [-0.3, -0.25) is 9.59 Å². The number of carbonyl (C=O) groups excluding carboxylic acids is 3. The van der Waals surface area contributed by atoms with Crippen LogP contribution in [0, 0.1) is 0 Å². The SMILES string of the molecule is COc1cccc(C2CC(c3ccccc3)CC(NC(=O)Nc3cccc(Cl)c3)C(=O)N2N(C(C)=O)C(C)(C)C)c1. The molecule has 0 spiro atoms. The van der Waals surface area contributed by atoms with Gasteiger partial charge in [0, 0.05) is 17.6 Å². The molecular formula is C32H37ClN4O4. The lowest BCUT2D eigenvalue weighted by atomic mass is 9.86. The summed E-state index contributed by atoms with van der Waals surface area (Å²) in [7, 11) is 1.59. The third-order valence-electron chi connectivity index (χ3n) is 7.13. The van der Waals surface area contributed by atoms with Crippen LogP contribution in [0.3, 0.4) is 0 Å². The summed E-state index contributed by atoms with van der Waals surface area (Å²) in [4.78, 5) is 40.9. The van der Waals surface area contributed by atoms with Crippen molar-refractivity contribution in [2.75, 3.05) is 12.4 Å². The molecule has 41 heavy (non-hydrogen) atoms. The molecular weight excluding hydrogens is 540 g/mol. The minimum absolute atomic E-state index is 0.105. The number of hydrogen-bond acceptors (Lipinski definition) is 4. The first-order valence-electron chi connectivity index (χ1n) is 13.6. The van der Waals surface area contributed by atoms with Gasteiger partial charge in [0.25, 0.3) is 5.91 Å². The van der Waals surface area contributed by atoms with Crippen LogP contribution < -0.4 is 15.4 Å². The largest absolute Gasteiger partial charge is 0.497 e.